The Morgan fingerprint density at radius 3 is 2.19 bits per heavy atom. The maximum absolute atomic E-state index is 10.7. The van der Waals surface area contributed by atoms with Gasteiger partial charge in [0.05, 0.1) is 7.82 Å². The average Bonchev–Trinajstić information content (AvgIpc) is 2.26. The molecule has 1 saturated heterocycles. The summed E-state index contributed by atoms with van der Waals surface area (Å²) in [5.41, 5.74) is 0. The number of carbonyl (C=O) groups is 1. The fourth-order valence-corrected chi connectivity index (χ4v) is 1.97. The SMILES string of the molecule is CC(=O)NC[C@H]1O[C@@H](OP(=O)([O-])[O-])[C@H](O)[C@@H](O)[C@@H]1O.[Na+].[Na+]. The molecule has 5 atom stereocenters. The number of aliphatic hydroxyl groups is 3. The maximum atomic E-state index is 10.7. The Bertz CT molecular complexity index is 381. The number of phosphoric ester groups is 1. The van der Waals surface area contributed by atoms with Crippen molar-refractivity contribution in [3.05, 3.63) is 0 Å². The van der Waals surface area contributed by atoms with Crippen molar-refractivity contribution in [1.29, 1.82) is 0 Å². The van der Waals surface area contributed by atoms with Gasteiger partial charge in [-0.05, 0) is 0 Å². The van der Waals surface area contributed by atoms with E-state index in [0.29, 0.717) is 0 Å². The molecule has 4 N–H and O–H groups in total. The van der Waals surface area contributed by atoms with Gasteiger partial charge in [-0.25, -0.2) is 0 Å². The number of carbonyl (C=O) groups excluding carboxylic acids is 1. The Labute approximate surface area is 165 Å². The Morgan fingerprint density at radius 2 is 1.76 bits per heavy atom. The number of phosphoric acid groups is 1. The van der Waals surface area contributed by atoms with Crippen LogP contribution in [0, 0.1) is 0 Å². The number of rotatable bonds is 4. The molecule has 0 aromatic carbocycles. The van der Waals surface area contributed by atoms with Crippen molar-refractivity contribution in [2.24, 2.45) is 0 Å². The van der Waals surface area contributed by atoms with Crippen LogP contribution in [0.15, 0.2) is 0 Å². The van der Waals surface area contributed by atoms with Gasteiger partial charge >= 0.3 is 59.1 Å². The Hall–Kier alpha value is 1.42. The van der Waals surface area contributed by atoms with E-state index >= 15 is 0 Å². The van der Waals surface area contributed by atoms with Crippen LogP contribution in [-0.4, -0.2) is 58.5 Å². The van der Waals surface area contributed by atoms with E-state index in [1.165, 1.54) is 6.92 Å². The van der Waals surface area contributed by atoms with Crippen LogP contribution in [0.5, 0.6) is 0 Å². The number of hydrogen-bond donors (Lipinski definition) is 4. The molecule has 0 spiro atoms. The molecule has 1 heterocycles. The van der Waals surface area contributed by atoms with E-state index in [4.69, 9.17) is 4.74 Å². The van der Waals surface area contributed by atoms with Gasteiger partial charge in [0, 0.05) is 13.5 Å². The van der Waals surface area contributed by atoms with Gasteiger partial charge in [0.25, 0.3) is 0 Å². The summed E-state index contributed by atoms with van der Waals surface area (Å²) in [7, 11) is -5.45. The summed E-state index contributed by atoms with van der Waals surface area (Å²) in [5.74, 6) is -0.452. The van der Waals surface area contributed by atoms with Crippen molar-refractivity contribution in [2.45, 2.75) is 37.6 Å². The molecule has 0 saturated carbocycles. The van der Waals surface area contributed by atoms with Crippen molar-refractivity contribution in [3.63, 3.8) is 0 Å². The van der Waals surface area contributed by atoms with Crippen LogP contribution in [0.4, 0.5) is 0 Å². The van der Waals surface area contributed by atoms with Gasteiger partial charge in [-0.15, -0.1) is 0 Å². The van der Waals surface area contributed by atoms with E-state index < -0.39 is 44.4 Å². The summed E-state index contributed by atoms with van der Waals surface area (Å²) in [6, 6.07) is 0. The quantitative estimate of drug-likeness (QED) is 0.285. The van der Waals surface area contributed by atoms with Gasteiger partial charge in [-0.1, -0.05) is 0 Å². The molecule has 1 rings (SSSR count). The second-order valence-corrected chi connectivity index (χ2v) is 5.11. The molecule has 0 unspecified atom stereocenters. The standard InChI is InChI=1S/C8H16NO9P.2Na/c1-3(10)9-2-4-5(11)6(12)7(13)8(17-4)18-19(14,15)16;;/h4-8,11-13H,2H2,1H3,(H,9,10)(H2,14,15,16);;/q;2*+1/p-2/t4-,5-,6+,7-,8+;;/m1../s1. The molecule has 0 aliphatic carbocycles. The number of hydrogen-bond acceptors (Lipinski definition) is 9. The van der Waals surface area contributed by atoms with E-state index in [2.05, 4.69) is 9.84 Å². The van der Waals surface area contributed by atoms with Crippen molar-refractivity contribution in [1.82, 2.24) is 5.32 Å². The molecule has 21 heavy (non-hydrogen) atoms. The van der Waals surface area contributed by atoms with Gasteiger partial charge in [0.2, 0.25) is 5.91 Å². The molecule has 1 amide bonds. The summed E-state index contributed by atoms with van der Waals surface area (Å²) in [4.78, 5) is 31.6. The molecular weight excluding hydrogens is 331 g/mol. The van der Waals surface area contributed by atoms with Gasteiger partial charge in [-0.3, -0.25) is 4.79 Å². The van der Waals surface area contributed by atoms with Gasteiger partial charge in [-0.2, -0.15) is 0 Å². The topological polar surface area (TPSA) is 171 Å². The molecule has 1 fully saturated rings. The maximum Gasteiger partial charge on any atom is 1.00 e. The van der Waals surface area contributed by atoms with Gasteiger partial charge < -0.3 is 44.2 Å². The van der Waals surface area contributed by atoms with Crippen LogP contribution in [-0.2, 0) is 18.6 Å². The van der Waals surface area contributed by atoms with E-state index in [-0.39, 0.29) is 65.7 Å². The first-order valence-electron chi connectivity index (χ1n) is 5.26. The first-order valence-corrected chi connectivity index (χ1v) is 6.72. The minimum Gasteiger partial charge on any atom is -0.790 e. The second-order valence-electron chi connectivity index (χ2n) is 4.00. The molecule has 1 aliphatic heterocycles. The number of amides is 1. The summed E-state index contributed by atoms with van der Waals surface area (Å²) < 4.78 is 19.2. The first-order chi connectivity index (χ1) is 8.61. The third-order valence-electron chi connectivity index (χ3n) is 2.45. The smallest absolute Gasteiger partial charge is 0.790 e. The molecule has 10 nitrogen and oxygen atoms in total. The predicted molar refractivity (Wildman–Crippen MR) is 54.1 cm³/mol. The zero-order chi connectivity index (χ0) is 14.8. The van der Waals surface area contributed by atoms with Gasteiger partial charge in [0.15, 0.2) is 6.29 Å². The zero-order valence-electron chi connectivity index (χ0n) is 11.8. The third-order valence-corrected chi connectivity index (χ3v) is 2.92. The van der Waals surface area contributed by atoms with Gasteiger partial charge in [0.1, 0.15) is 24.4 Å². The Balaban J connectivity index is 0. The normalized spacial score (nSPS) is 32.6. The van der Waals surface area contributed by atoms with Crippen LogP contribution in [0.25, 0.3) is 0 Å². The van der Waals surface area contributed by atoms with E-state index in [1.807, 2.05) is 0 Å². The zero-order valence-corrected chi connectivity index (χ0v) is 16.7. The van der Waals surface area contributed by atoms with Crippen molar-refractivity contribution in [3.8, 4) is 0 Å². The molecule has 1 aliphatic rings. The summed E-state index contributed by atoms with van der Waals surface area (Å²) in [6.45, 7) is 0.931. The van der Waals surface area contributed by atoms with E-state index in [1.54, 1.807) is 0 Å². The first kappa shape index (κ1) is 24.7. The molecule has 112 valence electrons. The van der Waals surface area contributed by atoms with E-state index in [9.17, 15) is 34.5 Å². The Kier molecular flexibility index (Phi) is 12.1. The number of ether oxygens (including phenoxy) is 1. The molecule has 13 heteroatoms. The molecule has 0 aromatic heterocycles. The Morgan fingerprint density at radius 1 is 1.24 bits per heavy atom. The minimum atomic E-state index is -5.45. The third kappa shape index (κ3) is 8.18. The fourth-order valence-electron chi connectivity index (χ4n) is 1.54. The summed E-state index contributed by atoms with van der Waals surface area (Å²) in [5, 5.41) is 30.7. The largest absolute Gasteiger partial charge is 1.00 e. The molecule has 0 aromatic rings. The summed E-state index contributed by atoms with van der Waals surface area (Å²) >= 11 is 0. The monoisotopic (exact) mass is 345 g/mol. The van der Waals surface area contributed by atoms with Crippen molar-refractivity contribution < 1.29 is 103 Å². The van der Waals surface area contributed by atoms with Crippen LogP contribution < -0.4 is 74.2 Å². The van der Waals surface area contributed by atoms with Crippen LogP contribution >= 0.6 is 7.82 Å². The summed E-state index contributed by atoms with van der Waals surface area (Å²) in [6.07, 6.45) is -8.47. The fraction of sp³-hybridized carbons (Fsp3) is 0.875. The molecule has 0 bridgehead atoms. The average molecular weight is 345 g/mol. The van der Waals surface area contributed by atoms with Crippen LogP contribution in [0.2, 0.25) is 0 Å². The molecule has 0 radical (unpaired) electrons. The molecular formula is C8H14NNa2O9P. The van der Waals surface area contributed by atoms with E-state index in [0.717, 1.165) is 0 Å². The number of aliphatic hydroxyl groups excluding tert-OH is 3. The van der Waals surface area contributed by atoms with Crippen molar-refractivity contribution >= 4 is 13.7 Å². The van der Waals surface area contributed by atoms with Crippen molar-refractivity contribution in [2.75, 3.05) is 6.54 Å². The second kappa shape index (κ2) is 10.3. The number of nitrogens with one attached hydrogen (secondary N) is 1. The van der Waals surface area contributed by atoms with Crippen LogP contribution in [0.1, 0.15) is 6.92 Å². The van der Waals surface area contributed by atoms with Crippen LogP contribution in [0.3, 0.4) is 0 Å². The predicted octanol–water partition coefficient (Wildman–Crippen LogP) is -10.2. The minimum absolute atomic E-state index is 0.